The fourth-order valence-electron chi connectivity index (χ4n) is 2.81. The van der Waals surface area contributed by atoms with Gasteiger partial charge >= 0.3 is 10.7 Å². The van der Waals surface area contributed by atoms with Gasteiger partial charge in [0, 0.05) is 22.7 Å². The Hall–Kier alpha value is -2.20. The monoisotopic (exact) mass is 265 g/mol. The highest BCUT2D eigenvalue weighted by Crippen LogP contribution is 2.38. The van der Waals surface area contributed by atoms with Crippen molar-refractivity contribution in [1.29, 1.82) is 0 Å². The number of aromatic nitrogens is 2. The van der Waals surface area contributed by atoms with Gasteiger partial charge in [0.25, 0.3) is 0 Å². The zero-order valence-corrected chi connectivity index (χ0v) is 10.8. The van der Waals surface area contributed by atoms with Crippen molar-refractivity contribution in [3.63, 3.8) is 0 Å². The van der Waals surface area contributed by atoms with Crippen LogP contribution >= 0.6 is 11.3 Å². The number of pyridine rings is 1. The zero-order chi connectivity index (χ0) is 12.4. The normalized spacial score (nSPS) is 13.1. The van der Waals surface area contributed by atoms with E-state index in [0.717, 1.165) is 23.4 Å². The van der Waals surface area contributed by atoms with Gasteiger partial charge in [-0.05, 0) is 12.1 Å². The number of thiophene rings is 1. The third kappa shape index (κ3) is 1.12. The fourth-order valence-corrected chi connectivity index (χ4v) is 3.90. The number of hydrogen-bond donors (Lipinski definition) is 0. The Labute approximate surface area is 112 Å². The Kier molecular flexibility index (Phi) is 1.64. The average Bonchev–Trinajstić information content (AvgIpc) is 3.07. The molecule has 0 amide bonds. The molecule has 0 N–H and O–H groups in total. The highest BCUT2D eigenvalue weighted by atomic mass is 32.1. The summed E-state index contributed by atoms with van der Waals surface area (Å²) in [6.07, 6.45) is 3.72. The summed E-state index contributed by atoms with van der Waals surface area (Å²) in [6.45, 7) is 0.902. The molecule has 0 spiro atoms. The minimum Gasteiger partial charge on any atom is -0.396 e. The first-order valence-electron chi connectivity index (χ1n) is 6.19. The van der Waals surface area contributed by atoms with E-state index < -0.39 is 0 Å². The van der Waals surface area contributed by atoms with Gasteiger partial charge in [-0.1, -0.05) is 29.5 Å². The van der Waals surface area contributed by atoms with Crippen LogP contribution in [0, 0.1) is 0 Å². The summed E-state index contributed by atoms with van der Waals surface area (Å²) in [6, 6.07) is 10.5. The molecule has 5 rings (SSSR count). The number of benzene rings is 1. The van der Waals surface area contributed by atoms with Crippen LogP contribution in [0.5, 0.6) is 0 Å². The maximum Gasteiger partial charge on any atom is 0.383 e. The van der Waals surface area contributed by atoms with E-state index in [-0.39, 0.29) is 0 Å². The molecule has 4 aromatic rings. The van der Waals surface area contributed by atoms with Crippen molar-refractivity contribution in [1.82, 2.24) is 4.98 Å². The first-order chi connectivity index (χ1) is 9.42. The van der Waals surface area contributed by atoms with Crippen LogP contribution in [0.1, 0.15) is 5.56 Å². The molecule has 1 aromatic carbocycles. The van der Waals surface area contributed by atoms with Crippen LogP contribution in [0.3, 0.4) is 0 Å². The van der Waals surface area contributed by atoms with Crippen molar-refractivity contribution in [3.05, 3.63) is 48.3 Å². The highest BCUT2D eigenvalue weighted by molar-refractivity contribution is 7.25. The van der Waals surface area contributed by atoms with E-state index in [0.29, 0.717) is 0 Å². The number of hydrogen-bond acceptors (Lipinski definition) is 3. The van der Waals surface area contributed by atoms with Crippen molar-refractivity contribution < 1.29 is 8.98 Å². The largest absolute Gasteiger partial charge is 0.396 e. The summed E-state index contributed by atoms with van der Waals surface area (Å²) < 4.78 is 9.62. The molecule has 0 atom stereocenters. The van der Waals surface area contributed by atoms with Gasteiger partial charge in [-0.25, -0.2) is 0 Å². The first-order valence-corrected chi connectivity index (χ1v) is 7.00. The number of nitrogens with zero attached hydrogens (tertiary/aromatic N) is 2. The molecule has 0 fully saturated rings. The summed E-state index contributed by atoms with van der Waals surface area (Å²) in [4.78, 5) is 5.40. The van der Waals surface area contributed by atoms with Crippen LogP contribution in [0.4, 0.5) is 0 Å². The lowest BCUT2D eigenvalue weighted by Gasteiger charge is -1.89. The van der Waals surface area contributed by atoms with Crippen molar-refractivity contribution >= 4 is 31.8 Å². The van der Waals surface area contributed by atoms with Crippen LogP contribution in [0.25, 0.3) is 32.0 Å². The van der Waals surface area contributed by atoms with Gasteiger partial charge in [0.1, 0.15) is 0 Å². The van der Waals surface area contributed by atoms with Gasteiger partial charge in [-0.15, -0.1) is 4.57 Å². The van der Waals surface area contributed by atoms with E-state index in [1.165, 1.54) is 20.7 Å². The second-order valence-electron chi connectivity index (χ2n) is 4.76. The van der Waals surface area contributed by atoms with E-state index in [1.807, 2.05) is 18.5 Å². The van der Waals surface area contributed by atoms with Crippen molar-refractivity contribution in [2.24, 2.45) is 0 Å². The van der Waals surface area contributed by atoms with Gasteiger partial charge in [-0.3, -0.25) is 4.98 Å². The molecule has 1 aliphatic rings. The first kappa shape index (κ1) is 9.69. The summed E-state index contributed by atoms with van der Waals surface area (Å²) in [5, 5.41) is 1.11. The molecule has 3 aromatic heterocycles. The summed E-state index contributed by atoms with van der Waals surface area (Å²) in [5.74, 6) is 0.975. The molecule has 0 saturated heterocycles. The van der Waals surface area contributed by atoms with Crippen molar-refractivity contribution in [2.45, 2.75) is 6.54 Å². The minimum atomic E-state index is 0.902. The second-order valence-corrected chi connectivity index (χ2v) is 5.79. The third-order valence-corrected chi connectivity index (χ3v) is 4.87. The molecule has 0 aliphatic carbocycles. The third-order valence-electron chi connectivity index (χ3n) is 3.69. The Morgan fingerprint density at radius 2 is 2.16 bits per heavy atom. The van der Waals surface area contributed by atoms with Crippen LogP contribution in [0.15, 0.2) is 47.1 Å². The molecule has 0 bridgehead atoms. The SMILES string of the molecule is c1ccc2c(c1)C[n+]1c-2oc2c3cnccc3sc21. The van der Waals surface area contributed by atoms with Crippen LogP contribution < -0.4 is 4.57 Å². The molecular weight excluding hydrogens is 256 g/mol. The highest BCUT2D eigenvalue weighted by Gasteiger charge is 2.35. The maximum absolute atomic E-state index is 6.12. The Balaban J connectivity index is 1.93. The molecular formula is C15H9N2OS+. The number of fused-ring (bicyclic) bond motifs is 7. The lowest BCUT2D eigenvalue weighted by Crippen LogP contribution is -2.29. The predicted molar refractivity (Wildman–Crippen MR) is 74.1 cm³/mol. The van der Waals surface area contributed by atoms with Gasteiger partial charge in [0.2, 0.25) is 5.58 Å². The predicted octanol–water partition coefficient (Wildman–Crippen LogP) is 3.36. The number of rotatable bonds is 0. The van der Waals surface area contributed by atoms with Crippen LogP contribution in [-0.2, 0) is 6.54 Å². The smallest absolute Gasteiger partial charge is 0.383 e. The Bertz CT molecular complexity index is 951. The molecule has 19 heavy (non-hydrogen) atoms. The molecule has 90 valence electrons. The minimum absolute atomic E-state index is 0.902. The van der Waals surface area contributed by atoms with E-state index in [2.05, 4.69) is 33.8 Å². The molecule has 3 nitrogen and oxygen atoms in total. The van der Waals surface area contributed by atoms with Gasteiger partial charge in [-0.2, -0.15) is 0 Å². The van der Waals surface area contributed by atoms with Gasteiger partial charge in [0.15, 0.2) is 6.54 Å². The number of oxazole rings is 1. The van der Waals surface area contributed by atoms with Crippen LogP contribution in [-0.4, -0.2) is 4.98 Å². The van der Waals surface area contributed by atoms with E-state index in [9.17, 15) is 0 Å². The molecule has 0 radical (unpaired) electrons. The van der Waals surface area contributed by atoms with E-state index >= 15 is 0 Å². The summed E-state index contributed by atoms with van der Waals surface area (Å²) in [5.41, 5.74) is 3.51. The van der Waals surface area contributed by atoms with Crippen LogP contribution in [0.2, 0.25) is 0 Å². The summed E-state index contributed by atoms with van der Waals surface area (Å²) >= 11 is 1.77. The Morgan fingerprint density at radius 1 is 1.21 bits per heavy atom. The zero-order valence-electron chi connectivity index (χ0n) is 9.96. The van der Waals surface area contributed by atoms with E-state index in [1.54, 1.807) is 11.3 Å². The quantitative estimate of drug-likeness (QED) is 0.402. The van der Waals surface area contributed by atoms with Gasteiger partial charge < -0.3 is 4.42 Å². The van der Waals surface area contributed by atoms with Crippen molar-refractivity contribution in [3.8, 4) is 11.5 Å². The lowest BCUT2D eigenvalue weighted by molar-refractivity contribution is -0.647. The van der Waals surface area contributed by atoms with Crippen molar-refractivity contribution in [2.75, 3.05) is 0 Å². The molecule has 0 saturated carbocycles. The average molecular weight is 265 g/mol. The molecule has 0 unspecified atom stereocenters. The van der Waals surface area contributed by atoms with Gasteiger partial charge in [0.05, 0.1) is 10.9 Å². The maximum atomic E-state index is 6.12. The second kappa shape index (κ2) is 3.22. The summed E-state index contributed by atoms with van der Waals surface area (Å²) in [7, 11) is 0. The standard InChI is InChI=1S/C15H9N2OS/c1-2-4-10-9(3-1)8-17-14(10)18-13-11-7-16-6-5-12(11)19-15(13)17/h1-7H,8H2/q+1. The molecule has 1 aliphatic heterocycles. The van der Waals surface area contributed by atoms with E-state index in [4.69, 9.17) is 4.42 Å². The Morgan fingerprint density at radius 3 is 3.16 bits per heavy atom. The lowest BCUT2D eigenvalue weighted by atomic mass is 10.1. The molecule has 4 heterocycles. The molecule has 4 heteroatoms. The fraction of sp³-hybridized carbons (Fsp3) is 0.0667. The topological polar surface area (TPSA) is 29.9 Å².